The Morgan fingerprint density at radius 1 is 1.43 bits per heavy atom. The fraction of sp³-hybridized carbons (Fsp3) is 0.818. The highest BCUT2D eigenvalue weighted by Crippen LogP contribution is 2.39. The van der Waals surface area contributed by atoms with Gasteiger partial charge in [0.1, 0.15) is 5.41 Å². The van der Waals surface area contributed by atoms with Crippen molar-refractivity contribution in [2.45, 2.75) is 45.6 Å². The number of carbonyl (C=O) groups excluding carboxylic acids is 1. The molecule has 0 spiro atoms. The van der Waals surface area contributed by atoms with Crippen LogP contribution in [0.2, 0.25) is 0 Å². The summed E-state index contributed by atoms with van der Waals surface area (Å²) in [5.41, 5.74) is -0.709. The summed E-state index contributed by atoms with van der Waals surface area (Å²) in [5.74, 6) is 0.00694. The largest absolute Gasteiger partial charge is 0.342 e. The maximum atomic E-state index is 12.0. The predicted octanol–water partition coefficient (Wildman–Crippen LogP) is 1.94. The minimum Gasteiger partial charge on any atom is -0.342 e. The quantitative estimate of drug-likeness (QED) is 0.674. The molecule has 1 aliphatic carbocycles. The summed E-state index contributed by atoms with van der Waals surface area (Å²) < 4.78 is 0. The van der Waals surface area contributed by atoms with Crippen molar-refractivity contribution in [2.75, 3.05) is 7.05 Å². The van der Waals surface area contributed by atoms with E-state index in [4.69, 9.17) is 5.26 Å². The van der Waals surface area contributed by atoms with Crippen molar-refractivity contribution in [1.29, 1.82) is 5.26 Å². The summed E-state index contributed by atoms with van der Waals surface area (Å²) in [7, 11) is 1.78. The van der Waals surface area contributed by atoms with Gasteiger partial charge in [0.25, 0.3) is 0 Å². The molecule has 0 saturated heterocycles. The molecule has 0 bridgehead atoms. The summed E-state index contributed by atoms with van der Waals surface area (Å²) in [6.45, 7) is 3.94. The highest BCUT2D eigenvalue weighted by atomic mass is 16.2. The fourth-order valence-corrected chi connectivity index (χ4v) is 1.92. The Morgan fingerprint density at radius 3 is 2.29 bits per heavy atom. The van der Waals surface area contributed by atoms with E-state index in [1.54, 1.807) is 11.9 Å². The van der Waals surface area contributed by atoms with Crippen molar-refractivity contribution >= 4 is 5.91 Å². The molecule has 0 heterocycles. The van der Waals surface area contributed by atoms with Crippen LogP contribution >= 0.6 is 0 Å². The molecule has 0 radical (unpaired) electrons. The van der Waals surface area contributed by atoms with Crippen LogP contribution in [-0.2, 0) is 4.79 Å². The molecule has 0 aromatic carbocycles. The maximum Gasteiger partial charge on any atom is 0.243 e. The summed E-state index contributed by atoms with van der Waals surface area (Å²) in [6, 6.07) is 2.40. The summed E-state index contributed by atoms with van der Waals surface area (Å²) in [6.07, 6.45) is 3.48. The Balaban J connectivity index is 2.81. The number of hydrogen-bond donors (Lipinski definition) is 0. The first-order valence-electron chi connectivity index (χ1n) is 5.22. The Morgan fingerprint density at radius 2 is 1.93 bits per heavy atom. The van der Waals surface area contributed by atoms with Crippen molar-refractivity contribution in [3.8, 4) is 6.07 Å². The van der Waals surface area contributed by atoms with E-state index >= 15 is 0 Å². The van der Waals surface area contributed by atoms with Crippen LogP contribution < -0.4 is 0 Å². The molecular formula is C11H18N2O. The standard InChI is InChI=1S/C11H18N2O/c1-9(2)13(3)10(14)11(8-12)6-4-5-7-11/h9H,4-7H2,1-3H3. The van der Waals surface area contributed by atoms with Crippen LogP contribution in [0.5, 0.6) is 0 Å². The zero-order valence-corrected chi connectivity index (χ0v) is 9.21. The first kappa shape index (κ1) is 11.0. The fourth-order valence-electron chi connectivity index (χ4n) is 1.92. The van der Waals surface area contributed by atoms with Crippen molar-refractivity contribution in [2.24, 2.45) is 5.41 Å². The third-order valence-corrected chi connectivity index (χ3v) is 3.18. The van der Waals surface area contributed by atoms with Crippen LogP contribution in [0.15, 0.2) is 0 Å². The lowest BCUT2D eigenvalue weighted by atomic mass is 9.86. The number of amides is 1. The van der Waals surface area contributed by atoms with Gasteiger partial charge < -0.3 is 4.90 Å². The van der Waals surface area contributed by atoms with Crippen LogP contribution in [-0.4, -0.2) is 23.9 Å². The SMILES string of the molecule is CC(C)N(C)C(=O)C1(C#N)CCCC1. The number of carbonyl (C=O) groups is 1. The van der Waals surface area contributed by atoms with Gasteiger partial charge in [0.2, 0.25) is 5.91 Å². The molecule has 1 amide bonds. The first-order valence-corrected chi connectivity index (χ1v) is 5.22. The van der Waals surface area contributed by atoms with Crippen molar-refractivity contribution in [3.05, 3.63) is 0 Å². The van der Waals surface area contributed by atoms with E-state index in [0.717, 1.165) is 25.7 Å². The zero-order valence-electron chi connectivity index (χ0n) is 9.21. The minimum atomic E-state index is -0.709. The molecular weight excluding hydrogens is 176 g/mol. The van der Waals surface area contributed by atoms with Crippen LogP contribution in [0.4, 0.5) is 0 Å². The molecule has 0 aromatic heterocycles. The highest BCUT2D eigenvalue weighted by Gasteiger charge is 2.43. The average Bonchev–Trinajstić information content (AvgIpc) is 2.64. The normalized spacial score (nSPS) is 19.4. The number of rotatable bonds is 2. The van der Waals surface area contributed by atoms with Gasteiger partial charge in [-0.2, -0.15) is 5.26 Å². The van der Waals surface area contributed by atoms with Gasteiger partial charge in [-0.15, -0.1) is 0 Å². The molecule has 0 aromatic rings. The second-order valence-electron chi connectivity index (χ2n) is 4.41. The number of hydrogen-bond acceptors (Lipinski definition) is 2. The number of nitrogens with zero attached hydrogens (tertiary/aromatic N) is 2. The van der Waals surface area contributed by atoms with E-state index in [9.17, 15) is 4.79 Å². The van der Waals surface area contributed by atoms with E-state index in [-0.39, 0.29) is 11.9 Å². The van der Waals surface area contributed by atoms with Gasteiger partial charge in [-0.1, -0.05) is 12.8 Å². The molecule has 0 atom stereocenters. The third kappa shape index (κ3) is 1.75. The lowest BCUT2D eigenvalue weighted by Crippen LogP contribution is -2.43. The van der Waals surface area contributed by atoms with Crippen LogP contribution in [0.3, 0.4) is 0 Å². The smallest absolute Gasteiger partial charge is 0.243 e. The lowest BCUT2D eigenvalue weighted by Gasteiger charge is -2.29. The third-order valence-electron chi connectivity index (χ3n) is 3.18. The average molecular weight is 194 g/mol. The summed E-state index contributed by atoms with van der Waals surface area (Å²) in [4.78, 5) is 13.7. The summed E-state index contributed by atoms with van der Waals surface area (Å²) >= 11 is 0. The minimum absolute atomic E-state index is 0.00694. The van der Waals surface area contributed by atoms with Gasteiger partial charge in [0.05, 0.1) is 6.07 Å². The van der Waals surface area contributed by atoms with Gasteiger partial charge in [0, 0.05) is 13.1 Å². The monoisotopic (exact) mass is 194 g/mol. The molecule has 1 saturated carbocycles. The highest BCUT2D eigenvalue weighted by molar-refractivity contribution is 5.85. The van der Waals surface area contributed by atoms with Gasteiger partial charge in [0.15, 0.2) is 0 Å². The number of nitriles is 1. The van der Waals surface area contributed by atoms with E-state index in [2.05, 4.69) is 6.07 Å². The van der Waals surface area contributed by atoms with E-state index < -0.39 is 5.41 Å². The van der Waals surface area contributed by atoms with Crippen LogP contribution in [0.1, 0.15) is 39.5 Å². The molecule has 1 fully saturated rings. The van der Waals surface area contributed by atoms with Crippen molar-refractivity contribution in [1.82, 2.24) is 4.90 Å². The summed E-state index contributed by atoms with van der Waals surface area (Å²) in [5, 5.41) is 9.12. The Labute approximate surface area is 85.7 Å². The predicted molar refractivity (Wildman–Crippen MR) is 54.4 cm³/mol. The molecule has 0 N–H and O–H groups in total. The second kappa shape index (κ2) is 4.00. The molecule has 3 heteroatoms. The zero-order chi connectivity index (χ0) is 10.8. The van der Waals surface area contributed by atoms with E-state index in [1.165, 1.54) is 0 Å². The Kier molecular flexibility index (Phi) is 3.15. The van der Waals surface area contributed by atoms with Crippen LogP contribution in [0, 0.1) is 16.7 Å². The van der Waals surface area contributed by atoms with E-state index in [0.29, 0.717) is 0 Å². The maximum absolute atomic E-state index is 12.0. The van der Waals surface area contributed by atoms with E-state index in [1.807, 2.05) is 13.8 Å². The Bertz CT molecular complexity index is 259. The molecule has 78 valence electrons. The molecule has 1 aliphatic rings. The first-order chi connectivity index (χ1) is 6.53. The molecule has 3 nitrogen and oxygen atoms in total. The van der Waals surface area contributed by atoms with Gasteiger partial charge in [-0.25, -0.2) is 0 Å². The van der Waals surface area contributed by atoms with Crippen LogP contribution in [0.25, 0.3) is 0 Å². The molecule has 14 heavy (non-hydrogen) atoms. The second-order valence-corrected chi connectivity index (χ2v) is 4.41. The van der Waals surface area contributed by atoms with Crippen molar-refractivity contribution < 1.29 is 4.79 Å². The lowest BCUT2D eigenvalue weighted by molar-refractivity contribution is -0.139. The Hall–Kier alpha value is -1.04. The van der Waals surface area contributed by atoms with Gasteiger partial charge >= 0.3 is 0 Å². The van der Waals surface area contributed by atoms with Gasteiger partial charge in [-0.05, 0) is 26.7 Å². The molecule has 0 unspecified atom stereocenters. The van der Waals surface area contributed by atoms with Crippen molar-refractivity contribution in [3.63, 3.8) is 0 Å². The van der Waals surface area contributed by atoms with Gasteiger partial charge in [-0.3, -0.25) is 4.79 Å². The molecule has 0 aliphatic heterocycles. The molecule has 1 rings (SSSR count). The topological polar surface area (TPSA) is 44.1 Å².